The number of nitrogens with two attached hydrogens (primary N) is 3. The van der Waals surface area contributed by atoms with Crippen molar-refractivity contribution in [3.05, 3.63) is 107 Å². The average molecular weight is 1800 g/mol. The first kappa shape index (κ1) is 101. The molecule has 34 heteroatoms. The number of allylic oxidation sites excluding steroid dienone is 6. The van der Waals surface area contributed by atoms with E-state index >= 15 is 0 Å². The molecule has 11 rings (SSSR count). The Morgan fingerprint density at radius 3 is 2.21 bits per heavy atom. The van der Waals surface area contributed by atoms with Gasteiger partial charge in [-0.15, -0.1) is 0 Å². The molecule has 3 aromatic heterocycles. The van der Waals surface area contributed by atoms with Crippen molar-refractivity contribution in [2.24, 2.45) is 35.3 Å². The monoisotopic (exact) mass is 1800 g/mol. The van der Waals surface area contributed by atoms with Gasteiger partial charge in [-0.05, 0) is 180 Å². The Morgan fingerprint density at radius 2 is 1.46 bits per heavy atom. The minimum Gasteiger partial charge on any atom is -0.459 e. The maximum Gasteiger partial charge on any atom is 0.407 e. The first-order chi connectivity index (χ1) is 62.3. The van der Waals surface area contributed by atoms with Crippen molar-refractivity contribution < 1.29 is 100 Å². The predicted octanol–water partition coefficient (Wildman–Crippen LogP) is 8.72. The standard InChI is InChI=1S/C95H141N13O21/c1-61-16-11-10-12-17-63(3)80(117-7)56-73-26-21-66(6)95(116,129-73)88(112)91(113)107-35-14-13-19-76(107)92(114)126-77(27-20-62(2)51-65(5)86(111)87(119-9)85(110)64(4)50-61)74(96)53-67-23-28-79(81(54-67)118-8)128-94(115)100-33-40-122-44-43-121-39-32-99-57-72-18-15-34-105(72)37-41-123-45-47-125-49-48-124-46-42-120-38-31-82(109)106-36-30-69-52-68(22-24-71(69)59-106)58-108-90-83(89(97)101-60-102-90)84(104-108)70-25-29-78-75(55-70)103-93(98)127-78/h10-12,16-17,22,24-25,29,51-52,55,60-62,64,66-67,72-74,76-77,79-81,86-87,99,111,116H,13-15,18-21,23,26-28,30-50,53-54,56-59,96H2,1-9H3,(H2,98,103)(H,100,115)(H2,97,101,102)/b12-10+,16-11+,63-17+,65-51+/t61-,62+,64-,66-,67+,72+,73+,74-,76+,77+,79-,80+,81-,86-,87+,95-/m1/s1. The molecule has 0 unspecified atom stereocenters. The van der Waals surface area contributed by atoms with E-state index in [1.54, 1.807) is 34.1 Å². The number of piperidine rings is 1. The molecule has 3 amide bonds. The van der Waals surface area contributed by atoms with Crippen molar-refractivity contribution >= 4 is 69.4 Å². The number of carbonyl (C=O) groups excluding carboxylic acids is 6. The smallest absolute Gasteiger partial charge is 0.407 e. The van der Waals surface area contributed by atoms with Crippen LogP contribution in [0.25, 0.3) is 33.4 Å². The van der Waals surface area contributed by atoms with Crippen LogP contribution in [0.3, 0.4) is 0 Å². The van der Waals surface area contributed by atoms with E-state index in [9.17, 15) is 39.0 Å². The van der Waals surface area contributed by atoms with E-state index in [-0.39, 0.29) is 74.4 Å². The fourth-order valence-corrected chi connectivity index (χ4v) is 18.5. The Labute approximate surface area is 758 Å². The lowest BCUT2D eigenvalue weighted by Gasteiger charge is -2.42. The average Bonchev–Trinajstić information content (AvgIpc) is 1.53. The molecule has 2 bridgehead atoms. The molecule has 5 aromatic rings. The number of rotatable bonds is 36. The molecular formula is C95H141N13O21. The zero-order valence-electron chi connectivity index (χ0n) is 77.0. The molecule has 4 fully saturated rings. The fourth-order valence-electron chi connectivity index (χ4n) is 18.5. The number of alkyl carbamates (subject to hydrolysis) is 1. The van der Waals surface area contributed by atoms with E-state index < -0.39 is 96.2 Å². The molecule has 0 spiro atoms. The Balaban J connectivity index is 0.523. The number of benzene rings is 2. The highest BCUT2D eigenvalue weighted by Gasteiger charge is 2.53. The minimum absolute atomic E-state index is 0.0212. The third-order valence-corrected chi connectivity index (χ3v) is 26.0. The summed E-state index contributed by atoms with van der Waals surface area (Å²) in [6.07, 6.45) is 16.2. The molecular weight excluding hydrogens is 1660 g/mol. The third kappa shape index (κ3) is 29.0. The number of carbonyl (C=O) groups is 6. The van der Waals surface area contributed by atoms with Gasteiger partial charge in [-0.1, -0.05) is 82.4 Å². The third-order valence-electron chi connectivity index (χ3n) is 26.0. The van der Waals surface area contributed by atoms with Gasteiger partial charge in [0.1, 0.15) is 53.8 Å². The van der Waals surface area contributed by atoms with Crippen LogP contribution in [0.2, 0.25) is 0 Å². The molecule has 10 N–H and O–H groups in total. The SMILES string of the molecule is CO[C@H]1C[C@@H]2CC[C@@H](C)[C@@](O)(O2)C(=O)C(=O)N2CCCC[C@H]2C(=O)O[C@H]([C@H](N)C[C@@H]2CC[C@@H](OC(=O)NCCOCCOCCNC[C@@H]3CCCN3CCOCCOCCOCCOCCC(=O)N3CCc4cc(Cn5nc(-c6ccc7oc(N)nc7c6)c6c(N)ncnc65)ccc4C3)[C@H](OC)C2)CC[C@H](C)/C=C(\C)[C@@H](O)[C@@H](OC)C(=O)[C@H](C)C[C@H](C)/C=C/C=C/C=C/1C. The number of ether oxygens (including phenoxy) is 12. The van der Waals surface area contributed by atoms with Gasteiger partial charge in [-0.3, -0.25) is 24.1 Å². The highest BCUT2D eigenvalue weighted by Crippen LogP contribution is 2.39. The second-order valence-electron chi connectivity index (χ2n) is 35.5. The quantitative estimate of drug-likeness (QED) is 0.00852. The van der Waals surface area contributed by atoms with Crippen molar-refractivity contribution in [2.75, 3.05) is 158 Å². The first-order valence-electron chi connectivity index (χ1n) is 46.4. The molecule has 2 aromatic carbocycles. The number of cyclic esters (lactones) is 1. The summed E-state index contributed by atoms with van der Waals surface area (Å²) in [4.78, 5) is 103. The summed E-state index contributed by atoms with van der Waals surface area (Å²) in [5.74, 6) is -6.51. The Bertz CT molecular complexity index is 4560. The van der Waals surface area contributed by atoms with Crippen LogP contribution in [0.4, 0.5) is 16.6 Å². The number of hydrogen-bond donors (Lipinski definition) is 7. The number of aliphatic hydroxyl groups is 2. The van der Waals surface area contributed by atoms with Crippen LogP contribution < -0.4 is 27.8 Å². The number of methoxy groups -OCH3 is 3. The van der Waals surface area contributed by atoms with Gasteiger partial charge in [-0.2, -0.15) is 10.1 Å². The second-order valence-corrected chi connectivity index (χ2v) is 35.5. The van der Waals surface area contributed by atoms with Gasteiger partial charge in [0.15, 0.2) is 17.0 Å². The van der Waals surface area contributed by atoms with Crippen LogP contribution in [-0.2, 0) is 100 Å². The molecule has 16 atom stereocenters. The lowest BCUT2D eigenvalue weighted by molar-refractivity contribution is -0.265. The van der Waals surface area contributed by atoms with E-state index in [1.807, 2.05) is 85.9 Å². The van der Waals surface area contributed by atoms with Crippen LogP contribution in [-0.4, -0.2) is 298 Å². The van der Waals surface area contributed by atoms with Crippen LogP contribution >= 0.6 is 0 Å². The molecule has 129 heavy (non-hydrogen) atoms. The van der Waals surface area contributed by atoms with Crippen molar-refractivity contribution in [3.63, 3.8) is 0 Å². The highest BCUT2D eigenvalue weighted by atomic mass is 16.6. The van der Waals surface area contributed by atoms with E-state index in [0.29, 0.717) is 215 Å². The summed E-state index contributed by atoms with van der Waals surface area (Å²) in [6.45, 7) is 21.6. The zero-order chi connectivity index (χ0) is 91.9. The number of nitrogens with one attached hydrogen (secondary N) is 2. The summed E-state index contributed by atoms with van der Waals surface area (Å²) in [6, 6.07) is 10.5. The van der Waals surface area contributed by atoms with Crippen molar-refractivity contribution in [1.82, 2.24) is 50.1 Å². The number of hydrogen-bond acceptors (Lipinski definition) is 30. The number of anilines is 2. The number of ketones is 2. The molecule has 0 radical (unpaired) electrons. The van der Waals surface area contributed by atoms with Crippen LogP contribution in [0.1, 0.15) is 161 Å². The van der Waals surface area contributed by atoms with Gasteiger partial charge >= 0.3 is 12.1 Å². The first-order valence-corrected chi connectivity index (χ1v) is 46.4. The maximum atomic E-state index is 14.7. The van der Waals surface area contributed by atoms with Gasteiger partial charge in [0, 0.05) is 103 Å². The summed E-state index contributed by atoms with van der Waals surface area (Å²) in [7, 11) is 4.58. The molecule has 1 saturated carbocycles. The van der Waals surface area contributed by atoms with E-state index in [2.05, 4.69) is 48.7 Å². The number of amides is 3. The Morgan fingerprint density at radius 1 is 0.713 bits per heavy atom. The van der Waals surface area contributed by atoms with Crippen molar-refractivity contribution in [2.45, 2.75) is 230 Å². The maximum absolute atomic E-state index is 14.7. The summed E-state index contributed by atoms with van der Waals surface area (Å²) in [5, 5.41) is 35.7. The number of esters is 1. The number of Topliss-reactive ketones (excluding diaryl/α,β-unsaturated/α-hetero) is 2. The molecule has 34 nitrogen and oxygen atoms in total. The Kier molecular flexibility index (Phi) is 39.8. The van der Waals surface area contributed by atoms with Gasteiger partial charge in [0.25, 0.3) is 17.7 Å². The molecule has 5 aliphatic heterocycles. The van der Waals surface area contributed by atoms with E-state index in [0.717, 1.165) is 61.2 Å². The zero-order valence-corrected chi connectivity index (χ0v) is 77.0. The normalized spacial score (nSPS) is 28.1. The number of fused-ring (bicyclic) bond motifs is 6. The topological polar surface area (TPSA) is 435 Å². The van der Waals surface area contributed by atoms with Crippen LogP contribution in [0.5, 0.6) is 0 Å². The van der Waals surface area contributed by atoms with Crippen LogP contribution in [0.15, 0.2) is 94.7 Å². The molecule has 3 saturated heterocycles. The van der Waals surface area contributed by atoms with Crippen molar-refractivity contribution in [1.29, 1.82) is 0 Å². The lowest BCUT2D eigenvalue weighted by atomic mass is 9.80. The molecule has 6 aliphatic rings. The summed E-state index contributed by atoms with van der Waals surface area (Å²) in [5.41, 5.74) is 27.3. The van der Waals surface area contributed by atoms with Gasteiger partial charge in [-0.25, -0.2) is 24.2 Å². The van der Waals surface area contributed by atoms with E-state index in [1.165, 1.54) is 23.9 Å². The van der Waals surface area contributed by atoms with Gasteiger partial charge in [0.2, 0.25) is 11.7 Å². The predicted molar refractivity (Wildman–Crippen MR) is 485 cm³/mol. The molecule has 712 valence electrons. The second kappa shape index (κ2) is 50.9. The number of oxazole rings is 1. The molecule has 1 aliphatic carbocycles. The van der Waals surface area contributed by atoms with E-state index in [4.69, 9.17) is 83.6 Å². The van der Waals surface area contributed by atoms with Crippen molar-refractivity contribution in [3.8, 4) is 11.3 Å². The number of aromatic nitrogens is 5. The highest BCUT2D eigenvalue weighted by molar-refractivity contribution is 6.39. The number of likely N-dealkylation sites (tertiary alicyclic amines) is 1. The Hall–Kier alpha value is -8.56. The number of aliphatic hydroxyl groups excluding tert-OH is 1. The lowest BCUT2D eigenvalue weighted by Crippen LogP contribution is -2.61. The van der Waals surface area contributed by atoms with Crippen LogP contribution in [0, 0.1) is 29.6 Å². The van der Waals surface area contributed by atoms with Gasteiger partial charge < -0.3 is 109 Å². The largest absolute Gasteiger partial charge is 0.459 e. The fraction of sp³-hybridized carbons (Fsp3) is 0.663. The number of nitrogen functional groups attached to an aromatic ring is 2. The summed E-state index contributed by atoms with van der Waals surface area (Å²) >= 11 is 0. The summed E-state index contributed by atoms with van der Waals surface area (Å²) < 4.78 is 78.1. The van der Waals surface area contributed by atoms with Gasteiger partial charge in [0.05, 0.1) is 116 Å². The minimum atomic E-state index is -2.45. The number of nitrogens with zero attached hydrogens (tertiary/aromatic N) is 8. The molecule has 8 heterocycles.